The summed E-state index contributed by atoms with van der Waals surface area (Å²) in [5, 5.41) is 13.5. The number of imidazole rings is 1. The van der Waals surface area contributed by atoms with Crippen LogP contribution in [0, 0.1) is 10.1 Å². The topological polar surface area (TPSA) is 174 Å². The van der Waals surface area contributed by atoms with E-state index in [0.29, 0.717) is 10.5 Å². The van der Waals surface area contributed by atoms with Gasteiger partial charge in [0.1, 0.15) is 24.4 Å². The van der Waals surface area contributed by atoms with Crippen LogP contribution in [0.4, 0.5) is 10.6 Å². The van der Waals surface area contributed by atoms with Crippen LogP contribution in [0.2, 0.25) is 0 Å². The molecule has 13 heteroatoms. The summed E-state index contributed by atoms with van der Waals surface area (Å²) >= 11 is 0. The zero-order chi connectivity index (χ0) is 24.0. The molecule has 2 atom stereocenters. The third kappa shape index (κ3) is 5.50. The molecule has 1 fully saturated rings. The van der Waals surface area contributed by atoms with Crippen molar-refractivity contribution in [3.63, 3.8) is 0 Å². The maximum Gasteiger partial charge on any atom is 0.417 e. The number of esters is 1. The average molecular weight is 459 g/mol. The smallest absolute Gasteiger partial charge is 0.417 e. The molecule has 0 radical (unpaired) electrons. The number of nitrogens with one attached hydrogen (secondary N) is 2. The second-order valence-electron chi connectivity index (χ2n) is 7.10. The summed E-state index contributed by atoms with van der Waals surface area (Å²) in [6, 6.07) is 6.25. The largest absolute Gasteiger partial charge is 0.467 e. The van der Waals surface area contributed by atoms with Gasteiger partial charge in [0.2, 0.25) is 11.8 Å². The number of imide groups is 1. The first kappa shape index (κ1) is 23.4. The fourth-order valence-electron chi connectivity index (χ4n) is 3.37. The number of nitro groups is 1. The minimum atomic E-state index is -1.33. The number of methoxy groups -OCH3 is 1. The maximum absolute atomic E-state index is 12.9. The summed E-state index contributed by atoms with van der Waals surface area (Å²) in [6.45, 7) is -0.0919. The lowest BCUT2D eigenvalue weighted by atomic mass is 10.1. The third-order valence-corrected chi connectivity index (χ3v) is 4.99. The molecule has 2 N–H and O–H groups in total. The van der Waals surface area contributed by atoms with Gasteiger partial charge >= 0.3 is 17.9 Å². The lowest BCUT2D eigenvalue weighted by Gasteiger charge is -2.24. The zero-order valence-corrected chi connectivity index (χ0v) is 17.6. The maximum atomic E-state index is 12.9. The second kappa shape index (κ2) is 10.3. The number of hydrogen-bond donors (Lipinski definition) is 2. The van der Waals surface area contributed by atoms with Crippen LogP contribution >= 0.6 is 0 Å². The van der Waals surface area contributed by atoms with E-state index < -0.39 is 46.7 Å². The number of hydrogen-bond acceptors (Lipinski definition) is 9. The van der Waals surface area contributed by atoms with Crippen molar-refractivity contribution in [3.05, 3.63) is 58.0 Å². The van der Waals surface area contributed by atoms with Gasteiger partial charge in [0.05, 0.1) is 7.11 Å². The molecule has 3 rings (SSSR count). The molecule has 0 aliphatic carbocycles. The highest BCUT2D eigenvalue weighted by Crippen LogP contribution is 2.21. The van der Waals surface area contributed by atoms with Crippen molar-refractivity contribution in [1.29, 1.82) is 0 Å². The molecular weight excluding hydrogens is 438 g/mol. The Morgan fingerprint density at radius 1 is 1.33 bits per heavy atom. The van der Waals surface area contributed by atoms with Crippen molar-refractivity contribution < 1.29 is 33.6 Å². The lowest BCUT2D eigenvalue weighted by molar-refractivity contribution is -0.390. The van der Waals surface area contributed by atoms with Crippen LogP contribution in [-0.2, 0) is 36.9 Å². The standard InChI is InChI=1S/C20H21N5O8/c1-32-19(28)14(9-13-17(25(30)31)22-11-21-13)23-18(27)15-7-8-16(26)24(15)20(29)33-10-12-5-3-2-4-6-12/h2-6,11,14-15H,7-10H2,1H3,(H,21,22)(H,23,27). The first-order valence-corrected chi connectivity index (χ1v) is 9.89. The SMILES string of the molecule is COC(=O)C(Cc1nc[nH]c1[N+](=O)[O-])NC(=O)C1CCC(=O)N1C(=O)OCc1ccccc1. The minimum absolute atomic E-state index is 0.0293. The Kier molecular flexibility index (Phi) is 7.33. The van der Waals surface area contributed by atoms with Gasteiger partial charge in [-0.15, -0.1) is 0 Å². The molecule has 2 unspecified atom stereocenters. The van der Waals surface area contributed by atoms with Gasteiger partial charge in [0.25, 0.3) is 0 Å². The Morgan fingerprint density at radius 2 is 2.06 bits per heavy atom. The van der Waals surface area contributed by atoms with Crippen LogP contribution in [0.15, 0.2) is 36.7 Å². The Hall–Kier alpha value is -4.29. The fraction of sp³-hybridized carbons (Fsp3) is 0.350. The number of rotatable bonds is 8. The molecule has 1 aromatic heterocycles. The summed E-state index contributed by atoms with van der Waals surface area (Å²) in [4.78, 5) is 67.1. The van der Waals surface area contributed by atoms with Crippen LogP contribution in [0.5, 0.6) is 0 Å². The molecule has 13 nitrogen and oxygen atoms in total. The highest BCUT2D eigenvalue weighted by Gasteiger charge is 2.42. The van der Waals surface area contributed by atoms with Crippen LogP contribution in [0.25, 0.3) is 0 Å². The van der Waals surface area contributed by atoms with E-state index >= 15 is 0 Å². The molecule has 1 aromatic carbocycles. The highest BCUT2D eigenvalue weighted by molar-refractivity contribution is 6.01. The number of ether oxygens (including phenoxy) is 2. The summed E-state index contributed by atoms with van der Waals surface area (Å²) in [7, 11) is 1.09. The first-order chi connectivity index (χ1) is 15.8. The molecule has 2 heterocycles. The van der Waals surface area contributed by atoms with Crippen molar-refractivity contribution in [2.24, 2.45) is 0 Å². The number of carbonyl (C=O) groups is 4. The molecule has 1 aliphatic heterocycles. The van der Waals surface area contributed by atoms with Gasteiger partial charge in [-0.2, -0.15) is 0 Å². The van der Waals surface area contributed by atoms with Gasteiger partial charge in [-0.25, -0.2) is 24.5 Å². The molecule has 33 heavy (non-hydrogen) atoms. The van der Waals surface area contributed by atoms with E-state index in [0.717, 1.165) is 13.4 Å². The number of likely N-dealkylation sites (tertiary alicyclic amines) is 1. The molecule has 1 aliphatic rings. The summed E-state index contributed by atoms with van der Waals surface area (Å²) < 4.78 is 9.84. The fourth-order valence-corrected chi connectivity index (χ4v) is 3.37. The van der Waals surface area contributed by atoms with Gasteiger partial charge in [-0.05, 0) is 16.9 Å². The van der Waals surface area contributed by atoms with Crippen molar-refractivity contribution in [1.82, 2.24) is 20.2 Å². The quantitative estimate of drug-likeness (QED) is 0.329. The molecule has 3 amide bonds. The number of amides is 3. The Morgan fingerprint density at radius 3 is 2.73 bits per heavy atom. The lowest BCUT2D eigenvalue weighted by Crippen LogP contribution is -2.52. The van der Waals surface area contributed by atoms with Gasteiger partial charge in [0, 0.05) is 12.8 Å². The Balaban J connectivity index is 1.70. The van der Waals surface area contributed by atoms with Crippen LogP contribution in [-0.4, -0.2) is 62.9 Å². The van der Waals surface area contributed by atoms with Gasteiger partial charge in [0.15, 0.2) is 6.33 Å². The normalized spacial score (nSPS) is 16.2. The van der Waals surface area contributed by atoms with E-state index in [9.17, 15) is 29.3 Å². The molecule has 0 spiro atoms. The predicted molar refractivity (Wildman–Crippen MR) is 109 cm³/mol. The van der Waals surface area contributed by atoms with Crippen molar-refractivity contribution in [2.45, 2.75) is 38.0 Å². The number of nitrogens with zero attached hydrogens (tertiary/aromatic N) is 3. The summed E-state index contributed by atoms with van der Waals surface area (Å²) in [5.41, 5.74) is 0.627. The van der Waals surface area contributed by atoms with E-state index in [-0.39, 0.29) is 31.6 Å². The summed E-state index contributed by atoms with van der Waals surface area (Å²) in [6.07, 6.45) is -0.270. The van der Waals surface area contributed by atoms with E-state index in [4.69, 9.17) is 4.74 Å². The number of aromatic amines is 1. The van der Waals surface area contributed by atoms with Gasteiger partial charge in [-0.3, -0.25) is 9.59 Å². The third-order valence-electron chi connectivity index (χ3n) is 4.99. The van der Waals surface area contributed by atoms with Crippen LogP contribution < -0.4 is 5.32 Å². The first-order valence-electron chi connectivity index (χ1n) is 9.89. The van der Waals surface area contributed by atoms with Crippen molar-refractivity contribution in [2.75, 3.05) is 7.11 Å². The monoisotopic (exact) mass is 459 g/mol. The number of benzene rings is 1. The Labute approximate surface area is 187 Å². The van der Waals surface area contributed by atoms with Crippen molar-refractivity contribution in [3.8, 4) is 0 Å². The van der Waals surface area contributed by atoms with E-state index in [1.807, 2.05) is 0 Å². The molecule has 0 bridgehead atoms. The van der Waals surface area contributed by atoms with Crippen LogP contribution in [0.1, 0.15) is 24.1 Å². The number of aromatic nitrogens is 2. The number of carbonyl (C=O) groups excluding carboxylic acids is 4. The highest BCUT2D eigenvalue weighted by atomic mass is 16.6. The number of H-pyrrole nitrogens is 1. The zero-order valence-electron chi connectivity index (χ0n) is 17.6. The minimum Gasteiger partial charge on any atom is -0.467 e. The molecule has 174 valence electrons. The predicted octanol–water partition coefficient (Wildman–Crippen LogP) is 0.846. The molecule has 1 saturated heterocycles. The Bertz CT molecular complexity index is 1050. The molecule has 2 aromatic rings. The van der Waals surface area contributed by atoms with Crippen molar-refractivity contribution >= 4 is 29.7 Å². The van der Waals surface area contributed by atoms with Crippen LogP contribution in [0.3, 0.4) is 0 Å². The molecule has 0 saturated carbocycles. The summed E-state index contributed by atoms with van der Waals surface area (Å²) in [5.74, 6) is -2.69. The molecular formula is C20H21N5O8. The van der Waals surface area contributed by atoms with Gasteiger partial charge in [-0.1, -0.05) is 30.3 Å². The second-order valence-corrected chi connectivity index (χ2v) is 7.10. The van der Waals surface area contributed by atoms with Gasteiger partial charge < -0.3 is 24.9 Å². The van der Waals surface area contributed by atoms with E-state index in [1.54, 1.807) is 30.3 Å². The van der Waals surface area contributed by atoms with E-state index in [1.165, 1.54) is 0 Å². The average Bonchev–Trinajstić information content (AvgIpc) is 3.43. The van der Waals surface area contributed by atoms with E-state index in [2.05, 4.69) is 20.0 Å².